The summed E-state index contributed by atoms with van der Waals surface area (Å²) in [4.78, 5) is 19.2. The van der Waals surface area contributed by atoms with Gasteiger partial charge in [0, 0.05) is 18.0 Å². The van der Waals surface area contributed by atoms with Crippen LogP contribution in [-0.2, 0) is 6.61 Å². The maximum atomic E-state index is 14.7. The predicted molar refractivity (Wildman–Crippen MR) is 91.4 cm³/mol. The molecular weight excluding hydrogens is 342 g/mol. The summed E-state index contributed by atoms with van der Waals surface area (Å²) in [6, 6.07) is 9.29. The minimum atomic E-state index is -0.882. The summed E-state index contributed by atoms with van der Waals surface area (Å²) in [6.07, 6.45) is 2.81. The summed E-state index contributed by atoms with van der Waals surface area (Å²) in [5, 5.41) is 2.21. The zero-order chi connectivity index (χ0) is 18.5. The lowest BCUT2D eigenvalue weighted by atomic mass is 10.1. The van der Waals surface area contributed by atoms with Crippen LogP contribution in [-0.4, -0.2) is 16.0 Å². The van der Waals surface area contributed by atoms with Crippen LogP contribution < -0.4 is 15.8 Å². The molecule has 26 heavy (non-hydrogen) atoms. The Kier molecular flexibility index (Phi) is 5.02. The first kappa shape index (κ1) is 17.3. The number of nitrogens with one attached hydrogen (secondary N) is 1. The molecule has 0 aliphatic heterocycles. The number of carbonyl (C=O) groups is 1. The minimum Gasteiger partial charge on any atom is -0.471 e. The maximum absolute atomic E-state index is 14.7. The Hall–Kier alpha value is -3.55. The third kappa shape index (κ3) is 3.92. The van der Waals surface area contributed by atoms with Gasteiger partial charge >= 0.3 is 6.03 Å². The van der Waals surface area contributed by atoms with Crippen molar-refractivity contribution in [1.29, 1.82) is 0 Å². The monoisotopic (exact) mass is 356 g/mol. The number of nitrogens with zero attached hydrogens (tertiary/aromatic N) is 2. The van der Waals surface area contributed by atoms with Crippen LogP contribution in [0.15, 0.2) is 54.9 Å². The van der Waals surface area contributed by atoms with E-state index in [1.54, 1.807) is 18.2 Å². The number of ether oxygens (including phenoxy) is 1. The molecule has 3 N–H and O–H groups in total. The van der Waals surface area contributed by atoms with E-state index in [2.05, 4.69) is 15.3 Å². The molecule has 0 aliphatic rings. The van der Waals surface area contributed by atoms with Crippen LogP contribution in [0.1, 0.15) is 5.56 Å². The first-order valence-corrected chi connectivity index (χ1v) is 7.58. The highest BCUT2D eigenvalue weighted by Gasteiger charge is 2.17. The van der Waals surface area contributed by atoms with Crippen molar-refractivity contribution in [2.24, 2.45) is 5.73 Å². The first-order chi connectivity index (χ1) is 12.5. The zero-order valence-corrected chi connectivity index (χ0v) is 13.4. The summed E-state index contributed by atoms with van der Waals surface area (Å²) in [7, 11) is 0. The van der Waals surface area contributed by atoms with Gasteiger partial charge < -0.3 is 15.8 Å². The van der Waals surface area contributed by atoms with E-state index in [1.165, 1.54) is 36.7 Å². The van der Waals surface area contributed by atoms with E-state index in [1.807, 2.05) is 0 Å². The maximum Gasteiger partial charge on any atom is 0.316 e. The lowest BCUT2D eigenvalue weighted by molar-refractivity contribution is 0.259. The molecule has 0 saturated heterocycles. The number of carbonyl (C=O) groups excluding carboxylic acids is 1. The number of urea groups is 1. The highest BCUT2D eigenvalue weighted by Crippen LogP contribution is 2.31. The first-order valence-electron chi connectivity index (χ1n) is 7.58. The molecule has 6 nitrogen and oxygen atoms in total. The largest absolute Gasteiger partial charge is 0.471 e. The molecule has 3 rings (SSSR count). The van der Waals surface area contributed by atoms with Crippen LogP contribution in [0.2, 0.25) is 0 Å². The second-order valence-corrected chi connectivity index (χ2v) is 5.28. The SMILES string of the molecule is NC(=O)Nc1cccc(-c2nccnc2OCc2ccc(F)cc2)c1F. The van der Waals surface area contributed by atoms with Crippen molar-refractivity contribution in [3.8, 4) is 17.1 Å². The number of hydrogen-bond donors (Lipinski definition) is 2. The number of halogens is 2. The molecule has 0 spiro atoms. The van der Waals surface area contributed by atoms with Crippen LogP contribution in [0.4, 0.5) is 19.3 Å². The van der Waals surface area contributed by atoms with Crippen LogP contribution >= 0.6 is 0 Å². The van der Waals surface area contributed by atoms with Gasteiger partial charge in [0.25, 0.3) is 0 Å². The van der Waals surface area contributed by atoms with Crippen molar-refractivity contribution < 1.29 is 18.3 Å². The number of amides is 2. The van der Waals surface area contributed by atoms with E-state index in [0.29, 0.717) is 5.56 Å². The number of primary amides is 1. The lowest BCUT2D eigenvalue weighted by Crippen LogP contribution is -2.20. The Morgan fingerprint density at radius 1 is 1.08 bits per heavy atom. The van der Waals surface area contributed by atoms with Crippen LogP contribution in [0.5, 0.6) is 5.88 Å². The minimum absolute atomic E-state index is 0.0786. The number of anilines is 1. The summed E-state index contributed by atoms with van der Waals surface area (Å²) >= 11 is 0. The third-order valence-electron chi connectivity index (χ3n) is 3.47. The van der Waals surface area contributed by atoms with E-state index < -0.39 is 11.8 Å². The fourth-order valence-electron chi connectivity index (χ4n) is 2.29. The van der Waals surface area contributed by atoms with Gasteiger partial charge in [0.05, 0.1) is 5.69 Å². The fraction of sp³-hybridized carbons (Fsp3) is 0.0556. The molecule has 2 aromatic carbocycles. The van der Waals surface area contributed by atoms with Gasteiger partial charge in [-0.1, -0.05) is 18.2 Å². The molecule has 0 radical (unpaired) electrons. The molecule has 132 valence electrons. The van der Waals surface area contributed by atoms with E-state index >= 15 is 0 Å². The summed E-state index contributed by atoms with van der Waals surface area (Å²) in [6.45, 7) is 0.104. The van der Waals surface area contributed by atoms with Crippen molar-refractivity contribution in [3.63, 3.8) is 0 Å². The molecular formula is C18H14F2N4O2. The van der Waals surface area contributed by atoms with Gasteiger partial charge in [-0.3, -0.25) is 0 Å². The van der Waals surface area contributed by atoms with Gasteiger partial charge in [-0.05, 0) is 29.8 Å². The average Bonchev–Trinajstić information content (AvgIpc) is 2.63. The second-order valence-electron chi connectivity index (χ2n) is 5.28. The number of aromatic nitrogens is 2. The number of rotatable bonds is 5. The van der Waals surface area contributed by atoms with Crippen molar-refractivity contribution in [2.75, 3.05) is 5.32 Å². The van der Waals surface area contributed by atoms with Crippen LogP contribution in [0.3, 0.4) is 0 Å². The Labute approximate surface area is 147 Å². The molecule has 3 aromatic rings. The Bertz CT molecular complexity index is 933. The van der Waals surface area contributed by atoms with E-state index in [9.17, 15) is 13.6 Å². The molecule has 0 aliphatic carbocycles. The second kappa shape index (κ2) is 7.56. The van der Waals surface area contributed by atoms with Crippen molar-refractivity contribution in [3.05, 3.63) is 72.1 Å². The van der Waals surface area contributed by atoms with Crippen LogP contribution in [0.25, 0.3) is 11.3 Å². The molecule has 1 heterocycles. The van der Waals surface area contributed by atoms with Crippen molar-refractivity contribution in [2.45, 2.75) is 6.61 Å². The van der Waals surface area contributed by atoms with Gasteiger partial charge in [0.2, 0.25) is 5.88 Å². The fourth-order valence-corrected chi connectivity index (χ4v) is 2.29. The molecule has 0 atom stereocenters. The zero-order valence-electron chi connectivity index (χ0n) is 13.4. The molecule has 0 saturated carbocycles. The molecule has 0 unspecified atom stereocenters. The average molecular weight is 356 g/mol. The Morgan fingerprint density at radius 3 is 2.54 bits per heavy atom. The molecule has 2 amide bonds. The number of benzene rings is 2. The van der Waals surface area contributed by atoms with Gasteiger partial charge in [0.1, 0.15) is 18.1 Å². The van der Waals surface area contributed by atoms with Crippen molar-refractivity contribution in [1.82, 2.24) is 9.97 Å². The number of nitrogens with two attached hydrogens (primary N) is 1. The van der Waals surface area contributed by atoms with Gasteiger partial charge in [-0.25, -0.2) is 23.5 Å². The smallest absolute Gasteiger partial charge is 0.316 e. The molecule has 0 fully saturated rings. The van der Waals surface area contributed by atoms with Gasteiger partial charge in [-0.15, -0.1) is 0 Å². The standard InChI is InChI=1S/C18H14F2N4O2/c19-12-6-4-11(5-7-12)10-26-17-16(22-8-9-23-17)13-2-1-3-14(15(13)20)24-18(21)25/h1-9H,10H2,(H3,21,24,25). The molecule has 8 heteroatoms. The van der Waals surface area contributed by atoms with Gasteiger partial charge in [-0.2, -0.15) is 0 Å². The highest BCUT2D eigenvalue weighted by atomic mass is 19.1. The van der Waals surface area contributed by atoms with Crippen molar-refractivity contribution >= 4 is 11.7 Å². The predicted octanol–water partition coefficient (Wildman–Crippen LogP) is 3.49. The van der Waals surface area contributed by atoms with Crippen LogP contribution in [0, 0.1) is 11.6 Å². The summed E-state index contributed by atoms with van der Waals surface area (Å²) < 4.78 is 33.3. The topological polar surface area (TPSA) is 90.1 Å². The molecule has 0 bridgehead atoms. The number of hydrogen-bond acceptors (Lipinski definition) is 4. The van der Waals surface area contributed by atoms with E-state index in [-0.39, 0.29) is 35.2 Å². The highest BCUT2D eigenvalue weighted by molar-refractivity contribution is 5.89. The van der Waals surface area contributed by atoms with E-state index in [0.717, 1.165) is 0 Å². The summed E-state index contributed by atoms with van der Waals surface area (Å²) in [5.41, 5.74) is 5.94. The lowest BCUT2D eigenvalue weighted by Gasteiger charge is -2.12. The Morgan fingerprint density at radius 2 is 1.81 bits per heavy atom. The van der Waals surface area contributed by atoms with E-state index in [4.69, 9.17) is 10.5 Å². The quantitative estimate of drug-likeness (QED) is 0.732. The Balaban J connectivity index is 1.90. The van der Waals surface area contributed by atoms with Gasteiger partial charge in [0.15, 0.2) is 5.82 Å². The third-order valence-corrected chi connectivity index (χ3v) is 3.47. The summed E-state index contributed by atoms with van der Waals surface area (Å²) in [5.74, 6) is -0.958. The molecule has 1 aromatic heterocycles. The normalized spacial score (nSPS) is 10.4.